The van der Waals surface area contributed by atoms with Gasteiger partial charge in [-0.3, -0.25) is 0 Å². The summed E-state index contributed by atoms with van der Waals surface area (Å²) >= 11 is 0. The molecule has 0 amide bonds. The molecule has 3 unspecified atom stereocenters. The van der Waals surface area contributed by atoms with Crippen molar-refractivity contribution < 1.29 is 0 Å². The minimum absolute atomic E-state index is 0.139. The van der Waals surface area contributed by atoms with Gasteiger partial charge in [0.15, 0.2) is 0 Å². The molecule has 4 rings (SSSR count). The van der Waals surface area contributed by atoms with Gasteiger partial charge in [0, 0.05) is 11.5 Å². The van der Waals surface area contributed by atoms with Gasteiger partial charge < -0.3 is 4.98 Å². The minimum Gasteiger partial charge on any atom is -0.332 e. The van der Waals surface area contributed by atoms with Gasteiger partial charge in [-0.25, -0.2) is 0 Å². The van der Waals surface area contributed by atoms with E-state index in [-0.39, 0.29) is 5.54 Å². The third kappa shape index (κ3) is 4.47. The second-order valence-corrected chi connectivity index (χ2v) is 16.7. The first kappa shape index (κ1) is 21.5. The maximum absolute atomic E-state index is 4.05. The maximum Gasteiger partial charge on any atom is 0.127 e. The Bertz CT molecular complexity index is 914. The number of nitrogens with one attached hydrogen (secondary N) is 1. The van der Waals surface area contributed by atoms with Crippen LogP contribution in [0.25, 0.3) is 0 Å². The molecular weight excluding hydrogens is 397 g/mol. The van der Waals surface area contributed by atoms with Gasteiger partial charge in [0.1, 0.15) is 8.24 Å². The zero-order valence-electron chi connectivity index (χ0n) is 18.8. The molecule has 0 fully saturated rings. The van der Waals surface area contributed by atoms with E-state index in [1.54, 1.807) is 5.31 Å². The van der Waals surface area contributed by atoms with Crippen LogP contribution < -0.4 is 15.6 Å². The van der Waals surface area contributed by atoms with Crippen molar-refractivity contribution in [2.75, 3.05) is 0 Å². The first-order chi connectivity index (χ1) is 14.3. The molecule has 1 nitrogen and oxygen atoms in total. The van der Waals surface area contributed by atoms with E-state index in [0.717, 1.165) is 0 Å². The summed E-state index contributed by atoms with van der Waals surface area (Å²) in [5, 5.41) is 4.54. The lowest BCUT2D eigenvalue weighted by atomic mass is 9.91. The molecule has 3 atom stereocenters. The molecule has 30 heavy (non-hydrogen) atoms. The van der Waals surface area contributed by atoms with E-state index in [1.165, 1.54) is 10.6 Å². The Morgan fingerprint density at radius 2 is 1.33 bits per heavy atom. The number of rotatable bonds is 5. The molecule has 0 aromatic heterocycles. The first-order valence-electron chi connectivity index (χ1n) is 11.0. The summed E-state index contributed by atoms with van der Waals surface area (Å²) in [6.07, 6.45) is 12.1. The highest BCUT2D eigenvalue weighted by atomic mass is 31.1. The Morgan fingerprint density at radius 1 is 0.800 bits per heavy atom. The quantitative estimate of drug-likeness (QED) is 0.430. The molecule has 1 N–H and O–H groups in total. The number of allylic oxidation sites excluding steroid dienone is 6. The molecule has 2 aliphatic rings. The molecule has 2 aliphatic carbocycles. The van der Waals surface area contributed by atoms with Gasteiger partial charge in [-0.05, 0) is 56.1 Å². The largest absolute Gasteiger partial charge is 0.332 e. The van der Waals surface area contributed by atoms with Gasteiger partial charge in [0.05, 0.1) is 0 Å². The van der Waals surface area contributed by atoms with Crippen molar-refractivity contribution in [3.05, 3.63) is 96.4 Å². The van der Waals surface area contributed by atoms with Crippen LogP contribution in [0.4, 0.5) is 0 Å². The minimum atomic E-state index is -1.70. The van der Waals surface area contributed by atoms with Gasteiger partial charge in [-0.1, -0.05) is 104 Å². The molecule has 156 valence electrons. The fourth-order valence-electron chi connectivity index (χ4n) is 5.23. The highest BCUT2D eigenvalue weighted by Gasteiger charge is 2.47. The highest BCUT2D eigenvalue weighted by Crippen LogP contribution is 2.58. The van der Waals surface area contributed by atoms with Crippen molar-refractivity contribution in [3.8, 4) is 0 Å². The number of benzene rings is 2. The molecule has 0 bridgehead atoms. The summed E-state index contributed by atoms with van der Waals surface area (Å²) in [6.45, 7) is 11.9. The van der Waals surface area contributed by atoms with E-state index in [9.17, 15) is 0 Å². The predicted molar refractivity (Wildman–Crippen MR) is 137 cm³/mol. The standard InChI is InChI=1S/C27H34NPSi/c1-27(2,3)28-30(4,5)26-20-25(23-18-12-13-19-24(23)26)29(21-14-8-6-9-15-21)22-16-10-7-11-17-22/h6-20,23-24,26,28H,1-5H3. The van der Waals surface area contributed by atoms with E-state index in [2.05, 4.69) is 130 Å². The Kier molecular flexibility index (Phi) is 6.03. The lowest BCUT2D eigenvalue weighted by Crippen LogP contribution is -2.57. The summed E-state index contributed by atoms with van der Waals surface area (Å²) in [6, 6.07) is 22.3. The SMILES string of the molecule is CC(C)(C)N[Si](C)(C)C1C=C(P(c2ccccc2)c2ccccc2)C2C=CC=CC21. The van der Waals surface area contributed by atoms with Crippen LogP contribution in [-0.4, -0.2) is 13.8 Å². The Labute approximate surface area is 184 Å². The van der Waals surface area contributed by atoms with Crippen molar-refractivity contribution in [1.29, 1.82) is 0 Å². The molecular formula is C27H34NPSi. The highest BCUT2D eigenvalue weighted by molar-refractivity contribution is 7.76. The third-order valence-corrected chi connectivity index (χ3v) is 12.3. The van der Waals surface area contributed by atoms with Crippen LogP contribution in [0.5, 0.6) is 0 Å². The molecule has 0 radical (unpaired) electrons. The lowest BCUT2D eigenvalue weighted by molar-refractivity contribution is 0.494. The normalized spacial score (nSPS) is 23.5. The molecule has 0 aliphatic heterocycles. The van der Waals surface area contributed by atoms with Crippen LogP contribution in [0.15, 0.2) is 96.4 Å². The zero-order chi connectivity index (χ0) is 21.4. The average molecular weight is 432 g/mol. The van der Waals surface area contributed by atoms with Gasteiger partial charge in [0.2, 0.25) is 0 Å². The first-order valence-corrected chi connectivity index (χ1v) is 15.4. The third-order valence-electron chi connectivity index (χ3n) is 6.10. The van der Waals surface area contributed by atoms with E-state index in [1.807, 2.05) is 0 Å². The van der Waals surface area contributed by atoms with Gasteiger partial charge in [-0.2, -0.15) is 0 Å². The Balaban J connectivity index is 1.81. The van der Waals surface area contributed by atoms with Crippen molar-refractivity contribution >= 4 is 26.8 Å². The smallest absolute Gasteiger partial charge is 0.127 e. The Hall–Kier alpha value is -1.73. The van der Waals surface area contributed by atoms with Crippen LogP contribution in [0, 0.1) is 11.8 Å². The van der Waals surface area contributed by atoms with Gasteiger partial charge >= 0.3 is 0 Å². The summed E-state index contributed by atoms with van der Waals surface area (Å²) in [4.78, 5) is 4.05. The zero-order valence-corrected chi connectivity index (χ0v) is 20.7. The van der Waals surface area contributed by atoms with Crippen LogP contribution in [0.1, 0.15) is 20.8 Å². The van der Waals surface area contributed by atoms with Crippen LogP contribution >= 0.6 is 7.92 Å². The topological polar surface area (TPSA) is 12.0 Å². The summed E-state index contributed by atoms with van der Waals surface area (Å²) in [5.74, 6) is 1.07. The van der Waals surface area contributed by atoms with Gasteiger partial charge in [0.25, 0.3) is 0 Å². The van der Waals surface area contributed by atoms with Crippen molar-refractivity contribution in [2.24, 2.45) is 11.8 Å². The van der Waals surface area contributed by atoms with E-state index < -0.39 is 16.2 Å². The summed E-state index contributed by atoms with van der Waals surface area (Å²) < 4.78 is 0. The maximum atomic E-state index is 4.05. The van der Waals surface area contributed by atoms with E-state index >= 15 is 0 Å². The van der Waals surface area contributed by atoms with Crippen molar-refractivity contribution in [3.63, 3.8) is 0 Å². The molecule has 0 saturated carbocycles. The van der Waals surface area contributed by atoms with Crippen LogP contribution in [0.3, 0.4) is 0 Å². The molecule has 2 aromatic rings. The lowest BCUT2D eigenvalue weighted by Gasteiger charge is -2.40. The number of hydrogen-bond acceptors (Lipinski definition) is 1. The summed E-state index contributed by atoms with van der Waals surface area (Å²) in [5.41, 5.74) is 0.731. The molecule has 3 heteroatoms. The molecule has 0 spiro atoms. The predicted octanol–water partition coefficient (Wildman–Crippen LogP) is 6.34. The van der Waals surface area contributed by atoms with Gasteiger partial charge in [-0.15, -0.1) is 0 Å². The molecule has 2 aromatic carbocycles. The number of fused-ring (bicyclic) bond motifs is 1. The van der Waals surface area contributed by atoms with E-state index in [0.29, 0.717) is 17.4 Å². The number of hydrogen-bond donors (Lipinski definition) is 1. The fourth-order valence-corrected chi connectivity index (χ4v) is 12.1. The van der Waals surface area contributed by atoms with Crippen molar-refractivity contribution in [2.45, 2.75) is 44.9 Å². The fraction of sp³-hybridized carbons (Fsp3) is 0.333. The van der Waals surface area contributed by atoms with Crippen LogP contribution in [-0.2, 0) is 0 Å². The summed E-state index contributed by atoms with van der Waals surface area (Å²) in [7, 11) is -2.24. The van der Waals surface area contributed by atoms with Crippen LogP contribution in [0.2, 0.25) is 18.6 Å². The molecule has 0 heterocycles. The van der Waals surface area contributed by atoms with Crippen molar-refractivity contribution in [1.82, 2.24) is 4.98 Å². The second kappa shape index (κ2) is 8.42. The second-order valence-electron chi connectivity index (χ2n) is 10.1. The average Bonchev–Trinajstić information content (AvgIpc) is 3.09. The monoisotopic (exact) mass is 431 g/mol. The Morgan fingerprint density at radius 3 is 1.87 bits per heavy atom. The van der Waals surface area contributed by atoms with E-state index in [4.69, 9.17) is 0 Å². The molecule has 0 saturated heterocycles.